The lowest BCUT2D eigenvalue weighted by Gasteiger charge is -2.24. The van der Waals surface area contributed by atoms with Crippen LogP contribution >= 0.6 is 0 Å². The molecular formula is C11H25NO5Si. The number of unbranched alkanes of at least 4 members (excludes halogenated alkanes) is 1. The number of rotatable bonds is 11. The zero-order chi connectivity index (χ0) is 13.9. The summed E-state index contributed by atoms with van der Waals surface area (Å²) in [6, 6.07) is 0.801. The predicted molar refractivity (Wildman–Crippen MR) is 70.3 cm³/mol. The van der Waals surface area contributed by atoms with E-state index in [2.05, 4.69) is 10.1 Å². The molecule has 0 saturated heterocycles. The van der Waals surface area contributed by atoms with E-state index < -0.39 is 8.80 Å². The van der Waals surface area contributed by atoms with Crippen molar-refractivity contribution in [2.75, 3.05) is 41.5 Å². The van der Waals surface area contributed by atoms with Crippen LogP contribution in [-0.2, 0) is 22.8 Å². The Bertz CT molecular complexity index is 215. The molecule has 0 atom stereocenters. The average molecular weight is 279 g/mol. The van der Waals surface area contributed by atoms with Gasteiger partial charge in [0.15, 0.2) is 0 Å². The van der Waals surface area contributed by atoms with Crippen LogP contribution in [0.1, 0.15) is 19.3 Å². The molecule has 0 aliphatic heterocycles. The van der Waals surface area contributed by atoms with Crippen molar-refractivity contribution in [3.8, 4) is 0 Å². The predicted octanol–water partition coefficient (Wildman–Crippen LogP) is 0.797. The number of carbonyl (C=O) groups excluding carboxylic acids is 1. The Morgan fingerprint density at radius 2 is 1.61 bits per heavy atom. The fourth-order valence-electron chi connectivity index (χ4n) is 1.57. The summed E-state index contributed by atoms with van der Waals surface area (Å²) in [5, 5.41) is 3.18. The minimum absolute atomic E-state index is 0.188. The van der Waals surface area contributed by atoms with Crippen molar-refractivity contribution in [3.63, 3.8) is 0 Å². The van der Waals surface area contributed by atoms with Crippen molar-refractivity contribution in [3.05, 3.63) is 0 Å². The monoisotopic (exact) mass is 279 g/mol. The Morgan fingerprint density at radius 1 is 1.00 bits per heavy atom. The van der Waals surface area contributed by atoms with Gasteiger partial charge in [-0.25, -0.2) is 0 Å². The van der Waals surface area contributed by atoms with Crippen molar-refractivity contribution in [1.29, 1.82) is 0 Å². The Kier molecular flexibility index (Phi) is 10.2. The first-order chi connectivity index (χ1) is 8.64. The zero-order valence-corrected chi connectivity index (χ0v) is 12.8. The molecule has 6 nitrogen and oxygen atoms in total. The van der Waals surface area contributed by atoms with Crippen LogP contribution in [0.3, 0.4) is 0 Å². The highest BCUT2D eigenvalue weighted by Crippen LogP contribution is 2.15. The third-order valence-electron chi connectivity index (χ3n) is 2.75. The highest BCUT2D eigenvalue weighted by Gasteiger charge is 2.36. The third kappa shape index (κ3) is 7.07. The number of hydrogen-bond donors (Lipinski definition) is 1. The van der Waals surface area contributed by atoms with Crippen LogP contribution in [0.4, 0.5) is 0 Å². The van der Waals surface area contributed by atoms with Crippen LogP contribution in [0.25, 0.3) is 0 Å². The number of ether oxygens (including phenoxy) is 1. The summed E-state index contributed by atoms with van der Waals surface area (Å²) in [7, 11) is 3.84. The summed E-state index contributed by atoms with van der Waals surface area (Å²) in [4.78, 5) is 10.8. The van der Waals surface area contributed by atoms with Gasteiger partial charge in [-0.2, -0.15) is 0 Å². The molecule has 0 aromatic carbocycles. The lowest BCUT2D eigenvalue weighted by atomic mass is 10.3. The summed E-state index contributed by atoms with van der Waals surface area (Å²) in [5.41, 5.74) is 0. The second-order valence-corrected chi connectivity index (χ2v) is 6.92. The SMILES string of the molecule is COC(=O)CCNCCCC[Si](OC)(OC)OC. The molecule has 1 N–H and O–H groups in total. The molecule has 0 saturated carbocycles. The van der Waals surface area contributed by atoms with Crippen molar-refractivity contribution in [1.82, 2.24) is 5.32 Å². The maximum Gasteiger partial charge on any atom is 0.500 e. The maximum absolute atomic E-state index is 10.8. The van der Waals surface area contributed by atoms with E-state index in [1.807, 2.05) is 0 Å². The number of hydrogen-bond acceptors (Lipinski definition) is 6. The van der Waals surface area contributed by atoms with Crippen molar-refractivity contribution >= 4 is 14.8 Å². The van der Waals surface area contributed by atoms with Gasteiger partial charge in [-0.15, -0.1) is 0 Å². The van der Waals surface area contributed by atoms with Gasteiger partial charge in [0.05, 0.1) is 13.5 Å². The second-order valence-electron chi connectivity index (χ2n) is 3.83. The molecule has 0 aromatic rings. The molecule has 0 rings (SSSR count). The van der Waals surface area contributed by atoms with E-state index in [0.717, 1.165) is 25.4 Å². The van der Waals surface area contributed by atoms with E-state index in [4.69, 9.17) is 13.3 Å². The molecule has 0 aliphatic rings. The van der Waals surface area contributed by atoms with Crippen molar-refractivity contribution < 1.29 is 22.8 Å². The van der Waals surface area contributed by atoms with Gasteiger partial charge >= 0.3 is 14.8 Å². The molecule has 0 radical (unpaired) electrons. The van der Waals surface area contributed by atoms with Gasteiger partial charge in [0.2, 0.25) is 0 Å². The highest BCUT2D eigenvalue weighted by molar-refractivity contribution is 6.60. The largest absolute Gasteiger partial charge is 0.500 e. The summed E-state index contributed by atoms with van der Waals surface area (Å²) in [6.45, 7) is 1.51. The molecule has 0 spiro atoms. The van der Waals surface area contributed by atoms with E-state index >= 15 is 0 Å². The van der Waals surface area contributed by atoms with Gasteiger partial charge in [-0.3, -0.25) is 4.79 Å². The van der Waals surface area contributed by atoms with Gasteiger partial charge in [0.1, 0.15) is 0 Å². The fourth-order valence-corrected chi connectivity index (χ4v) is 3.36. The van der Waals surface area contributed by atoms with Gasteiger partial charge in [0.25, 0.3) is 0 Å². The first kappa shape index (κ1) is 17.5. The molecule has 0 heterocycles. The van der Waals surface area contributed by atoms with Gasteiger partial charge in [-0.1, -0.05) is 0 Å². The summed E-state index contributed by atoms with van der Waals surface area (Å²) in [6.07, 6.45) is 2.36. The Labute approximate surface area is 110 Å². The lowest BCUT2D eigenvalue weighted by molar-refractivity contribution is -0.140. The van der Waals surface area contributed by atoms with Crippen molar-refractivity contribution in [2.45, 2.75) is 25.3 Å². The molecule has 0 fully saturated rings. The molecular weight excluding hydrogens is 254 g/mol. The lowest BCUT2D eigenvalue weighted by Crippen LogP contribution is -2.42. The highest BCUT2D eigenvalue weighted by atomic mass is 28.4. The van der Waals surface area contributed by atoms with Gasteiger partial charge < -0.3 is 23.3 Å². The van der Waals surface area contributed by atoms with Gasteiger partial charge in [0, 0.05) is 33.9 Å². The van der Waals surface area contributed by atoms with Crippen LogP contribution in [0.5, 0.6) is 0 Å². The van der Waals surface area contributed by atoms with Crippen LogP contribution < -0.4 is 5.32 Å². The van der Waals surface area contributed by atoms with Crippen molar-refractivity contribution in [2.24, 2.45) is 0 Å². The summed E-state index contributed by atoms with van der Waals surface area (Å²) in [5.74, 6) is -0.188. The van der Waals surface area contributed by atoms with E-state index in [0.29, 0.717) is 13.0 Å². The molecule has 18 heavy (non-hydrogen) atoms. The maximum atomic E-state index is 10.8. The van der Waals surface area contributed by atoms with E-state index in [1.54, 1.807) is 21.3 Å². The van der Waals surface area contributed by atoms with Crippen LogP contribution in [0.2, 0.25) is 6.04 Å². The number of methoxy groups -OCH3 is 1. The molecule has 7 heteroatoms. The van der Waals surface area contributed by atoms with E-state index in [9.17, 15) is 4.79 Å². The standard InChI is InChI=1S/C11H25NO5Si/c1-14-11(13)7-9-12-8-5-6-10-18(15-2,16-3)17-4/h12H,5-10H2,1-4H3. The minimum Gasteiger partial charge on any atom is -0.469 e. The molecule has 0 unspecified atom stereocenters. The fraction of sp³-hybridized carbons (Fsp3) is 0.909. The van der Waals surface area contributed by atoms with Crippen LogP contribution in [0.15, 0.2) is 0 Å². The normalized spacial score (nSPS) is 11.6. The summed E-state index contributed by atoms with van der Waals surface area (Å²) >= 11 is 0. The molecule has 0 aliphatic carbocycles. The molecule has 108 valence electrons. The molecule has 0 amide bonds. The van der Waals surface area contributed by atoms with E-state index in [1.165, 1.54) is 7.11 Å². The minimum atomic E-state index is -2.41. The van der Waals surface area contributed by atoms with Crippen LogP contribution in [-0.4, -0.2) is 56.3 Å². The molecule has 0 bridgehead atoms. The Morgan fingerprint density at radius 3 is 2.11 bits per heavy atom. The number of carbonyl (C=O) groups is 1. The molecule has 0 aromatic heterocycles. The number of esters is 1. The summed E-state index contributed by atoms with van der Waals surface area (Å²) < 4.78 is 20.5. The second kappa shape index (κ2) is 10.4. The topological polar surface area (TPSA) is 66.0 Å². The van der Waals surface area contributed by atoms with E-state index in [-0.39, 0.29) is 5.97 Å². The quantitative estimate of drug-likeness (QED) is 0.343. The number of nitrogens with one attached hydrogen (secondary N) is 1. The smallest absolute Gasteiger partial charge is 0.469 e. The first-order valence-corrected chi connectivity index (χ1v) is 8.00. The first-order valence-electron chi connectivity index (χ1n) is 6.07. The van der Waals surface area contributed by atoms with Crippen LogP contribution in [0, 0.1) is 0 Å². The zero-order valence-electron chi connectivity index (χ0n) is 11.8. The average Bonchev–Trinajstić information content (AvgIpc) is 2.42. The Balaban J connectivity index is 3.52. The Hall–Kier alpha value is -0.473. The third-order valence-corrected chi connectivity index (χ3v) is 5.59. The van der Waals surface area contributed by atoms with Gasteiger partial charge in [-0.05, 0) is 19.4 Å².